The smallest absolute Gasteiger partial charge is 0.254 e. The number of aromatic nitrogens is 3. The number of H-pyrrole nitrogens is 1. The van der Waals surface area contributed by atoms with Gasteiger partial charge in [0.1, 0.15) is 12.2 Å². The van der Waals surface area contributed by atoms with E-state index < -0.39 is 0 Å². The van der Waals surface area contributed by atoms with Crippen LogP contribution >= 0.6 is 0 Å². The topological polar surface area (TPSA) is 74.4 Å². The van der Waals surface area contributed by atoms with Crippen molar-refractivity contribution in [1.82, 2.24) is 25.0 Å². The summed E-state index contributed by atoms with van der Waals surface area (Å²) in [6, 6.07) is 7.64. The number of nitrogens with zero attached hydrogens (tertiary/aromatic N) is 4. The van der Waals surface area contributed by atoms with Gasteiger partial charge in [0.2, 0.25) is 0 Å². The van der Waals surface area contributed by atoms with Crippen LogP contribution in [0.15, 0.2) is 30.6 Å². The maximum absolute atomic E-state index is 12.9. The lowest BCUT2D eigenvalue weighted by Crippen LogP contribution is -2.32. The number of hydrogen-bond acceptors (Lipinski definition) is 5. The van der Waals surface area contributed by atoms with Gasteiger partial charge in [0, 0.05) is 32.2 Å². The molecule has 0 aliphatic carbocycles. The second kappa shape index (κ2) is 7.11. The van der Waals surface area contributed by atoms with Gasteiger partial charge in [-0.2, -0.15) is 5.10 Å². The van der Waals surface area contributed by atoms with Crippen LogP contribution in [0.25, 0.3) is 0 Å². The SMILES string of the molecule is CO[C@@H]1C[C@@H](c2ncn[nH]2)N(C(=O)c2ccc(CN(C)C)cc2)C1. The standard InChI is InChI=1S/C17H23N5O2/c1-21(2)9-12-4-6-13(7-5-12)17(23)22-10-14(24-3)8-15(22)16-18-11-19-20-16/h4-7,11,14-15H,8-10H2,1-3H3,(H,18,19,20)/t14-,15+/m1/s1. The zero-order valence-electron chi connectivity index (χ0n) is 14.3. The highest BCUT2D eigenvalue weighted by Crippen LogP contribution is 2.32. The molecule has 1 amide bonds. The van der Waals surface area contributed by atoms with Crippen LogP contribution in [-0.4, -0.2) is 64.7 Å². The van der Waals surface area contributed by atoms with E-state index in [0.717, 1.165) is 13.0 Å². The summed E-state index contributed by atoms with van der Waals surface area (Å²) in [7, 11) is 5.72. The van der Waals surface area contributed by atoms with Crippen molar-refractivity contribution in [3.63, 3.8) is 0 Å². The Bertz CT molecular complexity index is 669. The molecule has 7 nitrogen and oxygen atoms in total. The average molecular weight is 329 g/mol. The van der Waals surface area contributed by atoms with Gasteiger partial charge in [-0.3, -0.25) is 9.89 Å². The number of carbonyl (C=O) groups is 1. The Morgan fingerprint density at radius 2 is 2.12 bits per heavy atom. The second-order valence-corrected chi connectivity index (χ2v) is 6.37. The van der Waals surface area contributed by atoms with Crippen LogP contribution in [0.3, 0.4) is 0 Å². The van der Waals surface area contributed by atoms with Gasteiger partial charge in [-0.15, -0.1) is 0 Å². The molecule has 24 heavy (non-hydrogen) atoms. The van der Waals surface area contributed by atoms with Crippen molar-refractivity contribution in [1.29, 1.82) is 0 Å². The van der Waals surface area contributed by atoms with Crippen molar-refractivity contribution in [2.75, 3.05) is 27.7 Å². The molecular formula is C17H23N5O2. The summed E-state index contributed by atoms with van der Waals surface area (Å²) in [5.74, 6) is 0.694. The molecule has 2 atom stereocenters. The molecule has 1 N–H and O–H groups in total. The molecule has 0 unspecified atom stereocenters. The summed E-state index contributed by atoms with van der Waals surface area (Å²) in [4.78, 5) is 21.1. The van der Waals surface area contributed by atoms with E-state index >= 15 is 0 Å². The fourth-order valence-electron chi connectivity index (χ4n) is 3.11. The zero-order valence-corrected chi connectivity index (χ0v) is 14.3. The summed E-state index contributed by atoms with van der Waals surface area (Å²) in [6.45, 7) is 1.41. The van der Waals surface area contributed by atoms with Gasteiger partial charge in [-0.1, -0.05) is 12.1 Å². The molecule has 0 bridgehead atoms. The minimum Gasteiger partial charge on any atom is -0.380 e. The maximum Gasteiger partial charge on any atom is 0.254 e. The third-order valence-corrected chi connectivity index (χ3v) is 4.31. The lowest BCUT2D eigenvalue weighted by molar-refractivity contribution is 0.0684. The Morgan fingerprint density at radius 1 is 1.38 bits per heavy atom. The van der Waals surface area contributed by atoms with Crippen molar-refractivity contribution in [3.05, 3.63) is 47.5 Å². The number of carbonyl (C=O) groups excluding carboxylic acids is 1. The molecule has 2 heterocycles. The molecule has 3 rings (SSSR count). The largest absolute Gasteiger partial charge is 0.380 e. The van der Waals surface area contributed by atoms with Crippen molar-refractivity contribution < 1.29 is 9.53 Å². The van der Waals surface area contributed by atoms with Gasteiger partial charge in [0.05, 0.1) is 12.1 Å². The predicted molar refractivity (Wildman–Crippen MR) is 89.4 cm³/mol. The molecule has 1 aromatic carbocycles. The predicted octanol–water partition coefficient (Wildman–Crippen LogP) is 1.47. The van der Waals surface area contributed by atoms with E-state index in [-0.39, 0.29) is 18.1 Å². The van der Waals surface area contributed by atoms with E-state index in [1.165, 1.54) is 11.9 Å². The van der Waals surface area contributed by atoms with Crippen molar-refractivity contribution in [2.24, 2.45) is 0 Å². The van der Waals surface area contributed by atoms with Gasteiger partial charge in [-0.25, -0.2) is 4.98 Å². The van der Waals surface area contributed by atoms with E-state index in [9.17, 15) is 4.79 Å². The lowest BCUT2D eigenvalue weighted by atomic mass is 10.1. The van der Waals surface area contributed by atoms with E-state index in [1.807, 2.05) is 43.3 Å². The fraction of sp³-hybridized carbons (Fsp3) is 0.471. The Morgan fingerprint density at radius 3 is 2.71 bits per heavy atom. The number of hydrogen-bond donors (Lipinski definition) is 1. The first-order valence-corrected chi connectivity index (χ1v) is 8.01. The highest BCUT2D eigenvalue weighted by atomic mass is 16.5. The Kier molecular flexibility index (Phi) is 4.92. The van der Waals surface area contributed by atoms with Gasteiger partial charge in [0.15, 0.2) is 0 Å². The molecule has 1 aliphatic heterocycles. The molecular weight excluding hydrogens is 306 g/mol. The summed E-state index contributed by atoms with van der Waals surface area (Å²) < 4.78 is 5.46. The summed E-state index contributed by atoms with van der Waals surface area (Å²) >= 11 is 0. The normalized spacial score (nSPS) is 20.8. The monoisotopic (exact) mass is 329 g/mol. The first-order chi connectivity index (χ1) is 11.6. The lowest BCUT2D eigenvalue weighted by Gasteiger charge is -2.23. The minimum atomic E-state index is -0.133. The average Bonchev–Trinajstić information content (AvgIpc) is 3.23. The zero-order chi connectivity index (χ0) is 17.1. The van der Waals surface area contributed by atoms with Crippen LogP contribution in [0.2, 0.25) is 0 Å². The highest BCUT2D eigenvalue weighted by Gasteiger charge is 2.38. The van der Waals surface area contributed by atoms with Crippen molar-refractivity contribution in [3.8, 4) is 0 Å². The minimum absolute atomic E-state index is 0.00708. The summed E-state index contributed by atoms with van der Waals surface area (Å²) in [5.41, 5.74) is 1.86. The molecule has 1 aromatic heterocycles. The molecule has 1 saturated heterocycles. The number of aromatic amines is 1. The number of benzene rings is 1. The van der Waals surface area contributed by atoms with Crippen molar-refractivity contribution in [2.45, 2.75) is 25.1 Å². The second-order valence-electron chi connectivity index (χ2n) is 6.37. The van der Waals surface area contributed by atoms with Gasteiger partial charge >= 0.3 is 0 Å². The first-order valence-electron chi connectivity index (χ1n) is 8.01. The van der Waals surface area contributed by atoms with Crippen LogP contribution in [0.4, 0.5) is 0 Å². The molecule has 7 heteroatoms. The number of rotatable bonds is 5. The Hall–Kier alpha value is -2.25. The molecule has 0 spiro atoms. The van der Waals surface area contributed by atoms with E-state index in [2.05, 4.69) is 20.1 Å². The van der Waals surface area contributed by atoms with Crippen molar-refractivity contribution >= 4 is 5.91 Å². The van der Waals surface area contributed by atoms with Gasteiger partial charge < -0.3 is 14.5 Å². The van der Waals surface area contributed by atoms with E-state index in [0.29, 0.717) is 17.9 Å². The fourth-order valence-corrected chi connectivity index (χ4v) is 3.11. The molecule has 128 valence electrons. The number of nitrogens with one attached hydrogen (secondary N) is 1. The molecule has 0 saturated carbocycles. The van der Waals surface area contributed by atoms with Gasteiger partial charge in [-0.05, 0) is 31.8 Å². The van der Waals surface area contributed by atoms with E-state index in [1.54, 1.807) is 7.11 Å². The number of ether oxygens (including phenoxy) is 1. The van der Waals surface area contributed by atoms with Crippen LogP contribution in [0.1, 0.15) is 34.2 Å². The molecule has 2 aromatic rings. The Labute approximate surface area is 141 Å². The van der Waals surface area contributed by atoms with Gasteiger partial charge in [0.25, 0.3) is 5.91 Å². The van der Waals surface area contributed by atoms with E-state index in [4.69, 9.17) is 4.74 Å². The van der Waals surface area contributed by atoms with Crippen LogP contribution in [0.5, 0.6) is 0 Å². The summed E-state index contributed by atoms with van der Waals surface area (Å²) in [5, 5.41) is 6.78. The van der Waals surface area contributed by atoms with Crippen LogP contribution < -0.4 is 0 Å². The highest BCUT2D eigenvalue weighted by molar-refractivity contribution is 5.94. The number of amides is 1. The third-order valence-electron chi connectivity index (χ3n) is 4.31. The Balaban J connectivity index is 1.79. The molecule has 1 fully saturated rings. The third kappa shape index (κ3) is 3.47. The maximum atomic E-state index is 12.9. The number of methoxy groups -OCH3 is 1. The van der Waals surface area contributed by atoms with Crippen LogP contribution in [0, 0.1) is 0 Å². The quantitative estimate of drug-likeness (QED) is 0.899. The number of likely N-dealkylation sites (tertiary alicyclic amines) is 1. The molecule has 0 radical (unpaired) electrons. The first kappa shape index (κ1) is 16.6. The molecule has 1 aliphatic rings. The summed E-state index contributed by atoms with van der Waals surface area (Å²) in [6.07, 6.45) is 2.20. The van der Waals surface area contributed by atoms with Crippen LogP contribution in [-0.2, 0) is 11.3 Å².